The van der Waals surface area contributed by atoms with Crippen molar-refractivity contribution in [1.29, 1.82) is 0 Å². The minimum Gasteiger partial charge on any atom is -0.354 e. The molecule has 0 radical (unpaired) electrons. The predicted molar refractivity (Wildman–Crippen MR) is 105 cm³/mol. The van der Waals surface area contributed by atoms with Gasteiger partial charge in [0, 0.05) is 39.1 Å². The lowest BCUT2D eigenvalue weighted by molar-refractivity contribution is -0.111. The summed E-state index contributed by atoms with van der Waals surface area (Å²) >= 11 is 1.57. The van der Waals surface area contributed by atoms with Gasteiger partial charge in [-0.1, -0.05) is 37.7 Å². The van der Waals surface area contributed by atoms with Crippen LogP contribution in [0, 0.1) is 0 Å². The fourth-order valence-corrected chi connectivity index (χ4v) is 4.11. The number of thioether (sulfide) groups is 1. The number of methoxy groups -OCH3 is 2. The molecule has 0 unspecified atom stereocenters. The summed E-state index contributed by atoms with van der Waals surface area (Å²) in [6.45, 7) is 4.52. The predicted octanol–water partition coefficient (Wildman–Crippen LogP) is 2.31. The highest BCUT2D eigenvalue weighted by Gasteiger charge is 2.22. The third kappa shape index (κ3) is 5.08. The second kappa shape index (κ2) is 9.16. The van der Waals surface area contributed by atoms with Crippen LogP contribution in [0.1, 0.15) is 13.8 Å². The summed E-state index contributed by atoms with van der Waals surface area (Å²) in [7, 11) is 2.60. The van der Waals surface area contributed by atoms with Gasteiger partial charge in [0.1, 0.15) is 0 Å². The van der Waals surface area contributed by atoms with Crippen LogP contribution in [0.5, 0.6) is 0 Å². The zero-order chi connectivity index (χ0) is 20.2. The van der Waals surface area contributed by atoms with Crippen LogP contribution < -0.4 is 0 Å². The number of benzene rings is 1. The Morgan fingerprint density at radius 2 is 1.85 bits per heavy atom. The zero-order valence-corrected chi connectivity index (χ0v) is 18.0. The molecule has 10 heteroatoms. The van der Waals surface area contributed by atoms with Crippen molar-refractivity contribution in [1.82, 2.24) is 19.1 Å². The molecule has 0 atom stereocenters. The molecule has 1 heterocycles. The number of hydrogen-bond acceptors (Lipinski definition) is 7. The number of nitrogens with zero attached hydrogens (tertiary/aromatic N) is 4. The highest BCUT2D eigenvalue weighted by atomic mass is 32.2. The molecule has 0 aliphatic rings. The summed E-state index contributed by atoms with van der Waals surface area (Å²) in [5.74, 6) is 0.563. The lowest BCUT2D eigenvalue weighted by Gasteiger charge is -2.18. The summed E-state index contributed by atoms with van der Waals surface area (Å²) < 4.78 is 38.6. The van der Waals surface area contributed by atoms with Gasteiger partial charge in [-0.3, -0.25) is 4.57 Å². The Bertz CT molecular complexity index is 862. The summed E-state index contributed by atoms with van der Waals surface area (Å²) in [6, 6.07) is 6.68. The van der Waals surface area contributed by atoms with E-state index in [1.165, 1.54) is 18.4 Å². The van der Waals surface area contributed by atoms with Gasteiger partial charge in [-0.05, 0) is 12.1 Å². The number of aromatic nitrogens is 3. The molecule has 0 saturated heterocycles. The van der Waals surface area contributed by atoms with Crippen molar-refractivity contribution >= 4 is 21.8 Å². The lowest BCUT2D eigenvalue weighted by Crippen LogP contribution is -2.23. The quantitative estimate of drug-likeness (QED) is 0.460. The van der Waals surface area contributed by atoms with E-state index < -0.39 is 16.3 Å². The van der Waals surface area contributed by atoms with E-state index >= 15 is 0 Å². The van der Waals surface area contributed by atoms with E-state index in [9.17, 15) is 8.42 Å². The van der Waals surface area contributed by atoms with Gasteiger partial charge in [0.15, 0.2) is 17.3 Å². The Kier molecular flexibility index (Phi) is 7.40. The smallest absolute Gasteiger partial charge is 0.242 e. The summed E-state index contributed by atoms with van der Waals surface area (Å²) in [6.07, 6.45) is -0.472. The van der Waals surface area contributed by atoms with Crippen molar-refractivity contribution in [3.05, 3.63) is 24.3 Å². The molecule has 150 valence electrons. The van der Waals surface area contributed by atoms with Gasteiger partial charge in [0.25, 0.3) is 0 Å². The SMILES string of the molecule is COC(Cn1c(SC(C)C)nnc1-c1cccc(S(=O)(=O)N(C)C)c1)OC. The number of ether oxygens (including phenoxy) is 2. The van der Waals surface area contributed by atoms with E-state index in [1.54, 1.807) is 44.2 Å². The van der Waals surface area contributed by atoms with Crippen LogP contribution in [0.3, 0.4) is 0 Å². The summed E-state index contributed by atoms with van der Waals surface area (Å²) in [5.41, 5.74) is 0.659. The van der Waals surface area contributed by atoms with Crippen LogP contribution in [0.15, 0.2) is 34.3 Å². The fourth-order valence-electron chi connectivity index (χ4n) is 2.37. The number of sulfonamides is 1. The van der Waals surface area contributed by atoms with Crippen LogP contribution in [-0.4, -0.2) is 67.3 Å². The molecule has 0 amide bonds. The average Bonchev–Trinajstić information content (AvgIpc) is 3.01. The van der Waals surface area contributed by atoms with Gasteiger partial charge < -0.3 is 9.47 Å². The highest BCUT2D eigenvalue weighted by molar-refractivity contribution is 7.99. The molecule has 0 bridgehead atoms. The van der Waals surface area contributed by atoms with E-state index in [0.29, 0.717) is 23.2 Å². The first-order valence-electron chi connectivity index (χ1n) is 8.39. The van der Waals surface area contributed by atoms with Gasteiger partial charge in [-0.15, -0.1) is 10.2 Å². The van der Waals surface area contributed by atoms with Crippen LogP contribution in [0.2, 0.25) is 0 Å². The monoisotopic (exact) mass is 414 g/mol. The molecule has 0 fully saturated rings. The molecular formula is C17H26N4O4S2. The topological polar surface area (TPSA) is 86.5 Å². The summed E-state index contributed by atoms with van der Waals surface area (Å²) in [4.78, 5) is 0.202. The average molecular weight is 415 g/mol. The molecule has 1 aromatic carbocycles. The van der Waals surface area contributed by atoms with Crippen molar-refractivity contribution in [2.75, 3.05) is 28.3 Å². The maximum Gasteiger partial charge on any atom is 0.242 e. The third-order valence-corrected chi connectivity index (χ3v) is 6.58. The standard InChI is InChI=1S/C17H26N4O4S2/c1-12(2)26-17-19-18-16(21(17)11-15(24-5)25-6)13-8-7-9-14(10-13)27(22,23)20(3)4/h7-10,12,15H,11H2,1-6H3. The zero-order valence-electron chi connectivity index (χ0n) is 16.4. The van der Waals surface area contributed by atoms with Crippen LogP contribution in [-0.2, 0) is 26.0 Å². The molecule has 0 saturated carbocycles. The molecule has 2 aromatic rings. The van der Waals surface area contributed by atoms with Gasteiger partial charge >= 0.3 is 0 Å². The first-order valence-corrected chi connectivity index (χ1v) is 10.7. The highest BCUT2D eigenvalue weighted by Crippen LogP contribution is 2.28. The maximum absolute atomic E-state index is 12.5. The van der Waals surface area contributed by atoms with Gasteiger partial charge in [-0.25, -0.2) is 12.7 Å². The first-order chi connectivity index (χ1) is 12.7. The molecule has 0 N–H and O–H groups in total. The Morgan fingerprint density at radius 3 is 2.41 bits per heavy atom. The van der Waals surface area contributed by atoms with E-state index in [2.05, 4.69) is 24.0 Å². The summed E-state index contributed by atoms with van der Waals surface area (Å²) in [5, 5.41) is 9.62. The second-order valence-electron chi connectivity index (χ2n) is 6.30. The van der Waals surface area contributed by atoms with Gasteiger partial charge in [0.05, 0.1) is 11.4 Å². The van der Waals surface area contributed by atoms with E-state index in [-0.39, 0.29) is 4.90 Å². The molecule has 2 rings (SSSR count). The Morgan fingerprint density at radius 1 is 1.19 bits per heavy atom. The lowest BCUT2D eigenvalue weighted by atomic mass is 10.2. The molecule has 0 aliphatic heterocycles. The van der Waals surface area contributed by atoms with E-state index in [0.717, 1.165) is 5.16 Å². The van der Waals surface area contributed by atoms with Crippen molar-refractivity contribution in [2.45, 2.75) is 42.0 Å². The fraction of sp³-hybridized carbons (Fsp3) is 0.529. The molecule has 8 nitrogen and oxygen atoms in total. The third-order valence-electron chi connectivity index (χ3n) is 3.79. The Hall–Kier alpha value is -1.46. The van der Waals surface area contributed by atoms with Crippen LogP contribution in [0.4, 0.5) is 0 Å². The minimum absolute atomic E-state index is 0.202. The van der Waals surface area contributed by atoms with E-state index in [1.807, 2.05) is 10.6 Å². The van der Waals surface area contributed by atoms with Crippen molar-refractivity contribution < 1.29 is 17.9 Å². The van der Waals surface area contributed by atoms with Crippen molar-refractivity contribution in [2.24, 2.45) is 0 Å². The van der Waals surface area contributed by atoms with Gasteiger partial charge in [-0.2, -0.15) is 0 Å². The normalized spacial score (nSPS) is 12.5. The number of hydrogen-bond donors (Lipinski definition) is 0. The number of rotatable bonds is 9. The molecular weight excluding hydrogens is 388 g/mol. The maximum atomic E-state index is 12.5. The molecule has 1 aromatic heterocycles. The minimum atomic E-state index is -3.54. The van der Waals surface area contributed by atoms with Crippen molar-refractivity contribution in [3.63, 3.8) is 0 Å². The van der Waals surface area contributed by atoms with E-state index in [4.69, 9.17) is 9.47 Å². The van der Waals surface area contributed by atoms with Crippen LogP contribution >= 0.6 is 11.8 Å². The molecule has 0 spiro atoms. The van der Waals surface area contributed by atoms with Gasteiger partial charge in [0.2, 0.25) is 10.0 Å². The van der Waals surface area contributed by atoms with Crippen LogP contribution in [0.25, 0.3) is 11.4 Å². The molecule has 0 aliphatic carbocycles. The Balaban J connectivity index is 2.53. The van der Waals surface area contributed by atoms with Crippen molar-refractivity contribution in [3.8, 4) is 11.4 Å². The second-order valence-corrected chi connectivity index (χ2v) is 10.00. The first kappa shape index (κ1) is 21.8. The largest absolute Gasteiger partial charge is 0.354 e. The Labute approximate surface area is 164 Å². The molecule has 27 heavy (non-hydrogen) atoms.